The van der Waals surface area contributed by atoms with Gasteiger partial charge < -0.3 is 31.6 Å². The Morgan fingerprint density at radius 1 is 1.02 bits per heavy atom. The van der Waals surface area contributed by atoms with Crippen LogP contribution in [0.25, 0.3) is 21.7 Å². The average Bonchev–Trinajstić information content (AvgIpc) is 3.42. The van der Waals surface area contributed by atoms with Crippen molar-refractivity contribution in [3.8, 4) is 0 Å². The molecule has 4 atom stereocenters. The second kappa shape index (κ2) is 12.7. The van der Waals surface area contributed by atoms with Crippen molar-refractivity contribution >= 4 is 39.4 Å². The zero-order valence-electron chi connectivity index (χ0n) is 24.3. The number of hydrogen-bond acceptors (Lipinski definition) is 4. The number of hydrogen-bond donors (Lipinski definition) is 5. The van der Waals surface area contributed by atoms with Crippen LogP contribution in [0, 0.1) is 5.41 Å². The number of nitrogens with zero attached hydrogens (tertiary/aromatic N) is 2. The normalized spacial score (nSPS) is 18.6. The van der Waals surface area contributed by atoms with E-state index in [0.717, 1.165) is 32.8 Å². The number of piperazine rings is 1. The number of carbonyl (C=O) groups is 2. The van der Waals surface area contributed by atoms with Crippen molar-refractivity contribution in [3.05, 3.63) is 84.1 Å². The summed E-state index contributed by atoms with van der Waals surface area (Å²) in [5, 5.41) is 13.6. The molecule has 0 aliphatic carbocycles. The Bertz CT molecular complexity index is 1580. The fourth-order valence-electron chi connectivity index (χ4n) is 6.18. The molecule has 0 spiro atoms. The molecule has 0 radical (unpaired) electrons. The summed E-state index contributed by atoms with van der Waals surface area (Å²) in [5.74, 6) is -0.467. The van der Waals surface area contributed by atoms with Gasteiger partial charge in [0.15, 0.2) is 5.96 Å². The predicted molar refractivity (Wildman–Crippen MR) is 168 cm³/mol. The van der Waals surface area contributed by atoms with E-state index in [1.807, 2.05) is 72.3 Å². The summed E-state index contributed by atoms with van der Waals surface area (Å²) in [7, 11) is 0. The standard InChI is InChI=1S/C33H41N7O2/c1-21-19-40(32(42)29(34)17-23-13-14-24-8-3-4-9-25(24)16-23)26(10-7-15-37-33(35)36)20-39(21)31(41)22(2)28-18-38-30-12-6-5-11-27(28)30/h3-6,8-9,11-14,16,18,21-22,26,29,38H,7,10,15,17,19-20,34H2,1-2H3,(H4,35,36,37)/t21-,22?,26+,29-/m1/s1. The third-order valence-corrected chi connectivity index (χ3v) is 8.48. The minimum absolute atomic E-state index is 0.0478. The third kappa shape index (κ3) is 6.26. The van der Waals surface area contributed by atoms with Crippen LogP contribution in [0.15, 0.2) is 72.9 Å². The average molecular weight is 568 g/mol. The number of fused-ring (bicyclic) bond motifs is 2. The molecular weight excluding hydrogens is 526 g/mol. The number of H-pyrrole nitrogens is 1. The monoisotopic (exact) mass is 567 g/mol. The number of aromatic nitrogens is 1. The molecule has 220 valence electrons. The van der Waals surface area contributed by atoms with Gasteiger partial charge in [-0.2, -0.15) is 0 Å². The molecule has 1 fully saturated rings. The number of benzene rings is 3. The van der Waals surface area contributed by atoms with E-state index in [-0.39, 0.29) is 35.8 Å². The van der Waals surface area contributed by atoms with Gasteiger partial charge in [0.2, 0.25) is 11.8 Å². The van der Waals surface area contributed by atoms with Gasteiger partial charge in [0.1, 0.15) is 0 Å². The molecule has 1 aromatic heterocycles. The molecule has 42 heavy (non-hydrogen) atoms. The van der Waals surface area contributed by atoms with Crippen LogP contribution < -0.4 is 16.8 Å². The number of amides is 2. The number of rotatable bonds is 9. The lowest BCUT2D eigenvalue weighted by atomic mass is 9.95. The summed E-state index contributed by atoms with van der Waals surface area (Å²) in [6, 6.07) is 21.3. The Hall–Kier alpha value is -4.37. The third-order valence-electron chi connectivity index (χ3n) is 8.48. The lowest BCUT2D eigenvalue weighted by Gasteiger charge is -2.47. The van der Waals surface area contributed by atoms with Crippen molar-refractivity contribution in [1.29, 1.82) is 5.41 Å². The van der Waals surface area contributed by atoms with Gasteiger partial charge in [0, 0.05) is 48.8 Å². The topological polar surface area (TPSA) is 144 Å². The first kappa shape index (κ1) is 29.1. The molecule has 0 saturated carbocycles. The highest BCUT2D eigenvalue weighted by atomic mass is 16.2. The maximum absolute atomic E-state index is 13.9. The van der Waals surface area contributed by atoms with E-state index >= 15 is 0 Å². The van der Waals surface area contributed by atoms with Crippen LogP contribution in [-0.4, -0.2) is 70.3 Å². The van der Waals surface area contributed by atoms with Gasteiger partial charge >= 0.3 is 0 Å². The van der Waals surface area contributed by atoms with Crippen LogP contribution in [0.1, 0.15) is 43.7 Å². The summed E-state index contributed by atoms with van der Waals surface area (Å²) in [6.45, 7) is 5.32. The molecule has 3 aromatic carbocycles. The summed E-state index contributed by atoms with van der Waals surface area (Å²) < 4.78 is 0. The number of carbonyl (C=O) groups excluding carboxylic acids is 2. The summed E-state index contributed by atoms with van der Waals surface area (Å²) in [4.78, 5) is 34.8. The van der Waals surface area contributed by atoms with Crippen LogP contribution in [0.5, 0.6) is 0 Å². The molecular formula is C33H41N7O2. The Balaban J connectivity index is 1.32. The van der Waals surface area contributed by atoms with Gasteiger partial charge in [-0.15, -0.1) is 0 Å². The first-order chi connectivity index (χ1) is 20.2. The van der Waals surface area contributed by atoms with Crippen LogP contribution in [-0.2, 0) is 16.0 Å². The first-order valence-corrected chi connectivity index (χ1v) is 14.7. The molecule has 1 saturated heterocycles. The molecule has 7 N–H and O–H groups in total. The second-order valence-corrected chi connectivity index (χ2v) is 11.5. The van der Waals surface area contributed by atoms with Gasteiger partial charge in [-0.25, -0.2) is 0 Å². The van der Waals surface area contributed by atoms with Crippen LogP contribution >= 0.6 is 0 Å². The van der Waals surface area contributed by atoms with E-state index in [2.05, 4.69) is 34.6 Å². The molecule has 2 heterocycles. The SMILES string of the molecule is CC(C(=O)N1C[C@H](CCCNC(=N)N)N(C(=O)[C@H](N)Cc2ccc3ccccc3c2)C[C@H]1C)c1c[nH]c2ccccc12. The highest BCUT2D eigenvalue weighted by Gasteiger charge is 2.39. The van der Waals surface area contributed by atoms with E-state index in [1.165, 1.54) is 0 Å². The molecule has 1 aliphatic rings. The Morgan fingerprint density at radius 3 is 2.55 bits per heavy atom. The van der Waals surface area contributed by atoms with Crippen molar-refractivity contribution in [2.24, 2.45) is 11.5 Å². The van der Waals surface area contributed by atoms with Crippen LogP contribution in [0.3, 0.4) is 0 Å². The Morgan fingerprint density at radius 2 is 1.76 bits per heavy atom. The molecule has 2 amide bonds. The number of nitrogens with one attached hydrogen (secondary N) is 3. The van der Waals surface area contributed by atoms with Crippen LogP contribution in [0.2, 0.25) is 0 Å². The Kier molecular flexibility index (Phi) is 8.77. The lowest BCUT2D eigenvalue weighted by Crippen LogP contribution is -2.63. The molecule has 1 unspecified atom stereocenters. The van der Waals surface area contributed by atoms with Gasteiger partial charge in [-0.3, -0.25) is 15.0 Å². The van der Waals surface area contributed by atoms with Crippen molar-refractivity contribution in [2.75, 3.05) is 19.6 Å². The lowest BCUT2D eigenvalue weighted by molar-refractivity contribution is -0.148. The summed E-state index contributed by atoms with van der Waals surface area (Å²) in [6.07, 6.45) is 3.72. The van der Waals surface area contributed by atoms with Gasteiger partial charge in [0.05, 0.1) is 12.0 Å². The molecule has 0 bridgehead atoms. The largest absolute Gasteiger partial charge is 0.370 e. The van der Waals surface area contributed by atoms with Gasteiger partial charge in [0.25, 0.3) is 0 Å². The zero-order valence-corrected chi connectivity index (χ0v) is 24.3. The van der Waals surface area contributed by atoms with E-state index in [1.54, 1.807) is 0 Å². The molecule has 4 aromatic rings. The maximum Gasteiger partial charge on any atom is 0.240 e. The number of guanidine groups is 1. The maximum atomic E-state index is 13.9. The van der Waals surface area contributed by atoms with Crippen molar-refractivity contribution in [2.45, 2.75) is 57.2 Å². The minimum Gasteiger partial charge on any atom is -0.370 e. The minimum atomic E-state index is -0.691. The van der Waals surface area contributed by atoms with E-state index in [4.69, 9.17) is 16.9 Å². The molecule has 9 heteroatoms. The number of para-hydroxylation sites is 1. The van der Waals surface area contributed by atoms with Crippen molar-refractivity contribution in [1.82, 2.24) is 20.1 Å². The van der Waals surface area contributed by atoms with Crippen molar-refractivity contribution < 1.29 is 9.59 Å². The van der Waals surface area contributed by atoms with Gasteiger partial charge in [-0.05, 0) is 61.1 Å². The summed E-state index contributed by atoms with van der Waals surface area (Å²) in [5.41, 5.74) is 15.0. The van der Waals surface area contributed by atoms with E-state index in [0.29, 0.717) is 38.9 Å². The molecule has 9 nitrogen and oxygen atoms in total. The fourth-order valence-corrected chi connectivity index (χ4v) is 6.18. The highest BCUT2D eigenvalue weighted by molar-refractivity contribution is 5.92. The van der Waals surface area contributed by atoms with Gasteiger partial charge in [-0.1, -0.05) is 60.7 Å². The Labute approximate surface area is 246 Å². The molecule has 1 aliphatic heterocycles. The summed E-state index contributed by atoms with van der Waals surface area (Å²) >= 11 is 0. The first-order valence-electron chi connectivity index (χ1n) is 14.7. The number of aromatic amines is 1. The van der Waals surface area contributed by atoms with Crippen LogP contribution in [0.4, 0.5) is 0 Å². The number of nitrogens with two attached hydrogens (primary N) is 2. The zero-order chi connectivity index (χ0) is 29.8. The second-order valence-electron chi connectivity index (χ2n) is 11.5. The fraction of sp³-hybridized carbons (Fsp3) is 0.364. The van der Waals surface area contributed by atoms with E-state index in [9.17, 15) is 9.59 Å². The quantitative estimate of drug-likeness (QED) is 0.119. The predicted octanol–water partition coefficient (Wildman–Crippen LogP) is 3.69. The highest BCUT2D eigenvalue weighted by Crippen LogP contribution is 2.30. The van der Waals surface area contributed by atoms with E-state index < -0.39 is 6.04 Å². The molecule has 5 rings (SSSR count). The van der Waals surface area contributed by atoms with Crippen molar-refractivity contribution in [3.63, 3.8) is 0 Å². The smallest absolute Gasteiger partial charge is 0.240 e.